The van der Waals surface area contributed by atoms with Gasteiger partial charge in [-0.25, -0.2) is 4.39 Å². The number of esters is 2. The quantitative estimate of drug-likeness (QED) is 0.256. The van der Waals surface area contributed by atoms with Crippen LogP contribution in [-0.4, -0.2) is 25.2 Å². The Morgan fingerprint density at radius 2 is 1.46 bits per heavy atom. The molecule has 2 N–H and O–H groups in total. The summed E-state index contributed by atoms with van der Waals surface area (Å²) in [5.41, 5.74) is 3.90. The van der Waals surface area contributed by atoms with E-state index >= 15 is 0 Å². The monoisotopic (exact) mass is 395 g/mol. The highest BCUT2D eigenvalue weighted by atomic mass is 19.1. The third kappa shape index (κ3) is 6.80. The largest absolute Gasteiger partial charge is 0.465 e. The predicted molar refractivity (Wildman–Crippen MR) is 108 cm³/mol. The van der Waals surface area contributed by atoms with E-state index in [2.05, 4.69) is 27.7 Å². The maximum absolute atomic E-state index is 14.0. The van der Waals surface area contributed by atoms with Gasteiger partial charge in [0.15, 0.2) is 5.41 Å². The highest BCUT2D eigenvalue weighted by Gasteiger charge is 2.46. The van der Waals surface area contributed by atoms with E-state index < -0.39 is 23.2 Å². The number of anilines is 1. The van der Waals surface area contributed by atoms with E-state index in [-0.39, 0.29) is 24.5 Å². The molecule has 158 valence electrons. The van der Waals surface area contributed by atoms with E-state index in [0.29, 0.717) is 24.7 Å². The molecule has 0 atom stereocenters. The van der Waals surface area contributed by atoms with Gasteiger partial charge in [-0.2, -0.15) is 0 Å². The molecule has 1 aromatic rings. The number of hydrogen-bond donors (Lipinski definition) is 1. The molecule has 0 spiro atoms. The lowest BCUT2D eigenvalue weighted by Gasteiger charge is -2.26. The Morgan fingerprint density at radius 1 is 1.00 bits per heavy atom. The molecule has 0 amide bonds. The highest BCUT2D eigenvalue weighted by molar-refractivity contribution is 6.06. The molecule has 0 radical (unpaired) electrons. The van der Waals surface area contributed by atoms with Crippen molar-refractivity contribution in [1.29, 1.82) is 0 Å². The standard InChI is InChI=1S/C22H34FNO4/c1-15(2)8-6-12-27-20(25)22(5,17-10-11-19(24)18(23)14-17)21(26)28-13-7-9-16(3)4/h10-11,14-16H,6-9,12-13,24H2,1-5H3. The lowest BCUT2D eigenvalue weighted by Crippen LogP contribution is -2.44. The summed E-state index contributed by atoms with van der Waals surface area (Å²) in [6, 6.07) is 3.89. The summed E-state index contributed by atoms with van der Waals surface area (Å²) in [4.78, 5) is 25.6. The number of hydrogen-bond acceptors (Lipinski definition) is 5. The van der Waals surface area contributed by atoms with Gasteiger partial charge < -0.3 is 15.2 Å². The van der Waals surface area contributed by atoms with Gasteiger partial charge in [0.25, 0.3) is 0 Å². The average molecular weight is 396 g/mol. The highest BCUT2D eigenvalue weighted by Crippen LogP contribution is 2.30. The maximum atomic E-state index is 14.0. The molecular weight excluding hydrogens is 361 g/mol. The number of carbonyl (C=O) groups is 2. The van der Waals surface area contributed by atoms with Crippen LogP contribution in [0, 0.1) is 17.7 Å². The Hall–Kier alpha value is -2.11. The zero-order valence-corrected chi connectivity index (χ0v) is 17.7. The van der Waals surface area contributed by atoms with Gasteiger partial charge in [0.05, 0.1) is 18.9 Å². The summed E-state index contributed by atoms with van der Waals surface area (Å²) in [6.07, 6.45) is 3.19. The number of halogens is 1. The van der Waals surface area contributed by atoms with E-state index in [1.807, 2.05) is 0 Å². The molecule has 1 rings (SSSR count). The topological polar surface area (TPSA) is 78.6 Å². The number of nitrogen functional groups attached to an aromatic ring is 1. The predicted octanol–water partition coefficient (Wildman–Crippen LogP) is 4.62. The molecule has 0 saturated carbocycles. The van der Waals surface area contributed by atoms with E-state index in [0.717, 1.165) is 18.9 Å². The minimum atomic E-state index is -1.75. The van der Waals surface area contributed by atoms with Crippen LogP contribution in [0.25, 0.3) is 0 Å². The molecule has 0 fully saturated rings. The third-order valence-corrected chi connectivity index (χ3v) is 4.71. The molecular formula is C22H34FNO4. The molecule has 1 aromatic carbocycles. The smallest absolute Gasteiger partial charge is 0.327 e. The summed E-state index contributed by atoms with van der Waals surface area (Å²) >= 11 is 0. The van der Waals surface area contributed by atoms with Gasteiger partial charge >= 0.3 is 11.9 Å². The Kier molecular flexibility index (Phi) is 9.42. The fourth-order valence-electron chi connectivity index (χ4n) is 2.76. The van der Waals surface area contributed by atoms with Gasteiger partial charge in [0, 0.05) is 0 Å². The third-order valence-electron chi connectivity index (χ3n) is 4.71. The Morgan fingerprint density at radius 3 is 1.86 bits per heavy atom. The van der Waals surface area contributed by atoms with E-state index in [1.54, 1.807) is 0 Å². The number of ether oxygens (including phenoxy) is 2. The molecule has 0 unspecified atom stereocenters. The second-order valence-corrected chi connectivity index (χ2v) is 8.21. The van der Waals surface area contributed by atoms with Crippen LogP contribution < -0.4 is 5.73 Å². The van der Waals surface area contributed by atoms with Crippen molar-refractivity contribution in [3.63, 3.8) is 0 Å². The second kappa shape index (κ2) is 11.0. The Bertz CT molecular complexity index is 630. The van der Waals surface area contributed by atoms with Gasteiger partial charge in [0.1, 0.15) is 5.82 Å². The van der Waals surface area contributed by atoms with Gasteiger partial charge in [-0.3, -0.25) is 9.59 Å². The molecule has 0 aromatic heterocycles. The molecule has 0 bridgehead atoms. The van der Waals surface area contributed by atoms with Crippen LogP contribution in [0.4, 0.5) is 10.1 Å². The van der Waals surface area contributed by atoms with E-state index in [4.69, 9.17) is 15.2 Å². The number of carbonyl (C=O) groups excluding carboxylic acids is 2. The van der Waals surface area contributed by atoms with Gasteiger partial charge in [-0.1, -0.05) is 33.8 Å². The Labute approximate surface area is 167 Å². The fraction of sp³-hybridized carbons (Fsp3) is 0.636. The first kappa shape index (κ1) is 23.9. The summed E-state index contributed by atoms with van der Waals surface area (Å²) in [5.74, 6) is -1.20. The first-order valence-corrected chi connectivity index (χ1v) is 9.99. The van der Waals surface area contributed by atoms with Crippen molar-refractivity contribution in [2.75, 3.05) is 18.9 Å². The molecule has 0 aliphatic carbocycles. The van der Waals surface area contributed by atoms with Crippen LogP contribution in [0.5, 0.6) is 0 Å². The normalized spacial score (nSPS) is 11.7. The molecule has 5 nitrogen and oxygen atoms in total. The van der Waals surface area contributed by atoms with E-state index in [1.165, 1.54) is 19.1 Å². The Balaban J connectivity index is 2.96. The minimum Gasteiger partial charge on any atom is -0.465 e. The van der Waals surface area contributed by atoms with Gasteiger partial charge in [-0.15, -0.1) is 0 Å². The first-order chi connectivity index (χ1) is 13.1. The lowest BCUT2D eigenvalue weighted by molar-refractivity contribution is -0.164. The van der Waals surface area contributed by atoms with Crippen LogP contribution >= 0.6 is 0 Å². The zero-order chi connectivity index (χ0) is 21.3. The first-order valence-electron chi connectivity index (χ1n) is 9.99. The molecule has 0 heterocycles. The van der Waals surface area contributed by atoms with Crippen LogP contribution in [0.15, 0.2) is 18.2 Å². The lowest BCUT2D eigenvalue weighted by atomic mass is 9.82. The summed E-state index contributed by atoms with van der Waals surface area (Å²) in [7, 11) is 0. The van der Waals surface area contributed by atoms with Crippen molar-refractivity contribution < 1.29 is 23.5 Å². The van der Waals surface area contributed by atoms with E-state index in [9.17, 15) is 14.0 Å². The molecule has 0 aliphatic heterocycles. The van der Waals surface area contributed by atoms with Crippen molar-refractivity contribution in [1.82, 2.24) is 0 Å². The maximum Gasteiger partial charge on any atom is 0.327 e. The number of nitrogens with two attached hydrogens (primary N) is 1. The number of benzene rings is 1. The molecule has 28 heavy (non-hydrogen) atoms. The van der Waals surface area contributed by atoms with Crippen molar-refractivity contribution >= 4 is 17.6 Å². The SMILES string of the molecule is CC(C)CCCOC(=O)C(C)(C(=O)OCCCC(C)C)c1ccc(N)c(F)c1. The van der Waals surface area contributed by atoms with Crippen LogP contribution in [-0.2, 0) is 24.5 Å². The summed E-state index contributed by atoms with van der Waals surface area (Å²) in [5, 5.41) is 0. The molecule has 6 heteroatoms. The van der Waals surface area contributed by atoms with Crippen LogP contribution in [0.2, 0.25) is 0 Å². The summed E-state index contributed by atoms with van der Waals surface area (Å²) in [6.45, 7) is 10.1. The van der Waals surface area contributed by atoms with Crippen LogP contribution in [0.1, 0.15) is 65.9 Å². The van der Waals surface area contributed by atoms with Crippen molar-refractivity contribution in [3.05, 3.63) is 29.6 Å². The zero-order valence-electron chi connectivity index (χ0n) is 17.7. The molecule has 0 aliphatic rings. The van der Waals surface area contributed by atoms with Crippen molar-refractivity contribution in [2.45, 2.75) is 65.7 Å². The second-order valence-electron chi connectivity index (χ2n) is 8.21. The fourth-order valence-corrected chi connectivity index (χ4v) is 2.76. The average Bonchev–Trinajstić information content (AvgIpc) is 2.63. The number of rotatable bonds is 11. The van der Waals surface area contributed by atoms with Crippen LogP contribution in [0.3, 0.4) is 0 Å². The van der Waals surface area contributed by atoms with Crippen molar-refractivity contribution in [3.8, 4) is 0 Å². The molecule has 0 saturated heterocycles. The van der Waals surface area contributed by atoms with Gasteiger partial charge in [0.2, 0.25) is 0 Å². The summed E-state index contributed by atoms with van der Waals surface area (Å²) < 4.78 is 24.7. The minimum absolute atomic E-state index is 0.0540. The van der Waals surface area contributed by atoms with Gasteiger partial charge in [-0.05, 0) is 62.1 Å². The van der Waals surface area contributed by atoms with Crippen molar-refractivity contribution in [2.24, 2.45) is 11.8 Å².